The number of likely N-dealkylation sites (tertiary alicyclic amines) is 1. The average Bonchev–Trinajstić information content (AvgIpc) is 3.31. The molecule has 1 aromatic carbocycles. The number of primary amides is 1. The van der Waals surface area contributed by atoms with Crippen LogP contribution in [-0.2, 0) is 6.54 Å². The molecule has 0 atom stereocenters. The maximum atomic E-state index is 11.9. The Morgan fingerprint density at radius 2 is 1.72 bits per heavy atom. The zero-order valence-corrected chi connectivity index (χ0v) is 19.6. The SMILES string of the molecule is NC(=O)c1ncc(N2CCN(CCN3CCCC3)CC2)nc1NCc1ccc(Cl)cc1Cl. The number of piperazine rings is 1. The fourth-order valence-corrected chi connectivity index (χ4v) is 4.64. The van der Waals surface area contributed by atoms with E-state index in [-0.39, 0.29) is 5.69 Å². The van der Waals surface area contributed by atoms with E-state index in [1.54, 1.807) is 18.3 Å². The third kappa shape index (κ3) is 5.81. The molecule has 0 spiro atoms. The monoisotopic (exact) mass is 477 g/mol. The van der Waals surface area contributed by atoms with Crippen molar-refractivity contribution >= 4 is 40.7 Å². The number of rotatable bonds is 8. The van der Waals surface area contributed by atoms with Crippen LogP contribution in [0, 0.1) is 0 Å². The van der Waals surface area contributed by atoms with Gasteiger partial charge in [0.25, 0.3) is 5.91 Å². The van der Waals surface area contributed by atoms with Gasteiger partial charge in [0.2, 0.25) is 0 Å². The highest BCUT2D eigenvalue weighted by molar-refractivity contribution is 6.35. The summed E-state index contributed by atoms with van der Waals surface area (Å²) in [5.41, 5.74) is 6.47. The quantitative estimate of drug-likeness (QED) is 0.603. The Balaban J connectivity index is 1.38. The number of carbonyl (C=O) groups excluding carboxylic acids is 1. The summed E-state index contributed by atoms with van der Waals surface area (Å²) in [6.45, 7) is 8.80. The predicted octanol–water partition coefficient (Wildman–Crippen LogP) is 2.71. The minimum Gasteiger partial charge on any atom is -0.364 e. The summed E-state index contributed by atoms with van der Waals surface area (Å²) in [5, 5.41) is 4.28. The Morgan fingerprint density at radius 1 is 1.03 bits per heavy atom. The highest BCUT2D eigenvalue weighted by atomic mass is 35.5. The van der Waals surface area contributed by atoms with Crippen LogP contribution < -0.4 is 16.0 Å². The first-order valence-electron chi connectivity index (χ1n) is 11.0. The van der Waals surface area contributed by atoms with Crippen LogP contribution in [0.1, 0.15) is 28.9 Å². The van der Waals surface area contributed by atoms with Crippen LogP contribution in [0.5, 0.6) is 0 Å². The van der Waals surface area contributed by atoms with Gasteiger partial charge in [0, 0.05) is 55.9 Å². The van der Waals surface area contributed by atoms with Gasteiger partial charge in [-0.2, -0.15) is 0 Å². The molecule has 0 unspecified atom stereocenters. The maximum Gasteiger partial charge on any atom is 0.271 e. The molecule has 0 bridgehead atoms. The lowest BCUT2D eigenvalue weighted by atomic mass is 10.2. The topological polar surface area (TPSA) is 90.6 Å². The van der Waals surface area contributed by atoms with Crippen molar-refractivity contribution in [3.8, 4) is 0 Å². The molecule has 2 aliphatic heterocycles. The van der Waals surface area contributed by atoms with E-state index >= 15 is 0 Å². The zero-order chi connectivity index (χ0) is 22.5. The largest absolute Gasteiger partial charge is 0.364 e. The lowest BCUT2D eigenvalue weighted by Gasteiger charge is -2.36. The minimum atomic E-state index is -0.625. The van der Waals surface area contributed by atoms with Crippen LogP contribution >= 0.6 is 23.2 Å². The molecule has 32 heavy (non-hydrogen) atoms. The molecule has 4 rings (SSSR count). The number of aromatic nitrogens is 2. The molecular formula is C22H29Cl2N7O. The highest BCUT2D eigenvalue weighted by Crippen LogP contribution is 2.23. The Morgan fingerprint density at radius 3 is 2.38 bits per heavy atom. The second kappa shape index (κ2) is 10.7. The number of nitrogens with one attached hydrogen (secondary N) is 1. The summed E-state index contributed by atoms with van der Waals surface area (Å²) < 4.78 is 0. The third-order valence-corrected chi connectivity index (χ3v) is 6.67. The third-order valence-electron chi connectivity index (χ3n) is 6.08. The first-order chi connectivity index (χ1) is 15.5. The van der Waals surface area contributed by atoms with Crippen LogP contribution in [0.2, 0.25) is 10.0 Å². The summed E-state index contributed by atoms with van der Waals surface area (Å²) in [5.74, 6) is 0.469. The number of hydrogen-bond acceptors (Lipinski definition) is 7. The van der Waals surface area contributed by atoms with Crippen molar-refractivity contribution in [1.29, 1.82) is 0 Å². The molecule has 2 fully saturated rings. The van der Waals surface area contributed by atoms with E-state index in [2.05, 4.69) is 30.0 Å². The molecule has 2 aromatic rings. The van der Waals surface area contributed by atoms with E-state index in [0.29, 0.717) is 22.4 Å². The van der Waals surface area contributed by atoms with E-state index in [0.717, 1.165) is 50.6 Å². The van der Waals surface area contributed by atoms with E-state index in [9.17, 15) is 4.79 Å². The molecule has 2 saturated heterocycles. The van der Waals surface area contributed by atoms with Gasteiger partial charge in [0.1, 0.15) is 5.82 Å². The van der Waals surface area contributed by atoms with Crippen LogP contribution in [0.25, 0.3) is 0 Å². The van der Waals surface area contributed by atoms with Gasteiger partial charge in [-0.25, -0.2) is 9.97 Å². The van der Waals surface area contributed by atoms with Gasteiger partial charge in [-0.15, -0.1) is 0 Å². The predicted molar refractivity (Wildman–Crippen MR) is 129 cm³/mol. The Kier molecular flexibility index (Phi) is 7.67. The van der Waals surface area contributed by atoms with Crippen molar-refractivity contribution in [2.45, 2.75) is 19.4 Å². The summed E-state index contributed by atoms with van der Waals surface area (Å²) >= 11 is 12.2. The number of carbonyl (C=O) groups is 1. The Bertz CT molecular complexity index is 944. The highest BCUT2D eigenvalue weighted by Gasteiger charge is 2.22. The second-order valence-corrected chi connectivity index (χ2v) is 9.10. The van der Waals surface area contributed by atoms with Crippen LogP contribution in [0.4, 0.5) is 11.6 Å². The van der Waals surface area contributed by atoms with Crippen LogP contribution in [0.15, 0.2) is 24.4 Å². The van der Waals surface area contributed by atoms with E-state index in [1.165, 1.54) is 25.9 Å². The molecule has 0 radical (unpaired) electrons. The molecule has 2 aliphatic rings. The van der Waals surface area contributed by atoms with Gasteiger partial charge in [0.05, 0.1) is 6.20 Å². The lowest BCUT2D eigenvalue weighted by Crippen LogP contribution is -2.48. The normalized spacial score (nSPS) is 17.6. The summed E-state index contributed by atoms with van der Waals surface area (Å²) in [6, 6.07) is 5.28. The molecule has 0 saturated carbocycles. The molecule has 0 aliphatic carbocycles. The van der Waals surface area contributed by atoms with Crippen molar-refractivity contribution in [3.05, 3.63) is 45.7 Å². The summed E-state index contributed by atoms with van der Waals surface area (Å²) in [7, 11) is 0. The van der Waals surface area contributed by atoms with Gasteiger partial charge in [-0.05, 0) is 43.6 Å². The van der Waals surface area contributed by atoms with Gasteiger partial charge < -0.3 is 20.9 Å². The van der Waals surface area contributed by atoms with Crippen LogP contribution in [-0.4, -0.2) is 78.0 Å². The molecule has 1 amide bonds. The summed E-state index contributed by atoms with van der Waals surface area (Å²) in [6.07, 6.45) is 4.28. The Hall–Kier alpha value is -2.13. The molecule has 8 nitrogen and oxygen atoms in total. The van der Waals surface area contributed by atoms with E-state index in [1.807, 2.05) is 6.07 Å². The molecule has 1 aromatic heterocycles. The van der Waals surface area contributed by atoms with Crippen molar-refractivity contribution < 1.29 is 4.79 Å². The van der Waals surface area contributed by atoms with Gasteiger partial charge in [-0.1, -0.05) is 29.3 Å². The van der Waals surface area contributed by atoms with Crippen LogP contribution in [0.3, 0.4) is 0 Å². The van der Waals surface area contributed by atoms with Gasteiger partial charge in [-0.3, -0.25) is 9.69 Å². The molecule has 3 heterocycles. The number of nitrogens with two attached hydrogens (primary N) is 1. The zero-order valence-electron chi connectivity index (χ0n) is 18.1. The number of benzene rings is 1. The number of anilines is 2. The van der Waals surface area contributed by atoms with Crippen molar-refractivity contribution in [3.63, 3.8) is 0 Å². The van der Waals surface area contributed by atoms with Gasteiger partial charge >= 0.3 is 0 Å². The first kappa shape index (κ1) is 23.0. The lowest BCUT2D eigenvalue weighted by molar-refractivity contribution is 0.0996. The molecule has 3 N–H and O–H groups in total. The van der Waals surface area contributed by atoms with Gasteiger partial charge in [0.15, 0.2) is 11.5 Å². The average molecular weight is 478 g/mol. The fourth-order valence-electron chi connectivity index (χ4n) is 4.17. The van der Waals surface area contributed by atoms with E-state index in [4.69, 9.17) is 28.9 Å². The van der Waals surface area contributed by atoms with Crippen molar-refractivity contribution in [2.75, 3.05) is 62.6 Å². The second-order valence-electron chi connectivity index (χ2n) is 8.26. The molecule has 172 valence electrons. The molecular weight excluding hydrogens is 449 g/mol. The molecule has 10 heteroatoms. The van der Waals surface area contributed by atoms with E-state index < -0.39 is 5.91 Å². The van der Waals surface area contributed by atoms with Crippen molar-refractivity contribution in [2.24, 2.45) is 5.73 Å². The maximum absolute atomic E-state index is 11.9. The standard InChI is InChI=1S/C22H29Cl2N7O/c23-17-4-3-16(18(24)13-17)14-27-22-20(21(25)32)26-15-19(28-22)31-11-9-30(10-12-31)8-7-29-5-1-2-6-29/h3-4,13,15H,1-2,5-12,14H2,(H2,25,32)(H,27,28). The Labute approximate surface area is 198 Å². The number of hydrogen-bond donors (Lipinski definition) is 2. The number of amides is 1. The number of nitrogens with zero attached hydrogens (tertiary/aromatic N) is 5. The number of halogens is 2. The summed E-state index contributed by atoms with van der Waals surface area (Å²) in [4.78, 5) is 28.1. The fraction of sp³-hybridized carbons (Fsp3) is 0.500. The first-order valence-corrected chi connectivity index (χ1v) is 11.8. The van der Waals surface area contributed by atoms with Crippen molar-refractivity contribution in [1.82, 2.24) is 19.8 Å². The smallest absolute Gasteiger partial charge is 0.271 e. The minimum absolute atomic E-state index is 0.114.